The van der Waals surface area contributed by atoms with Crippen molar-refractivity contribution in [1.82, 2.24) is 0 Å². The number of amides is 2. The van der Waals surface area contributed by atoms with Gasteiger partial charge in [0.25, 0.3) is 0 Å². The summed E-state index contributed by atoms with van der Waals surface area (Å²) in [5.41, 5.74) is 7.51. The largest absolute Gasteiger partial charge is 0.497 e. The molecule has 3 rings (SSSR count). The third-order valence-electron chi connectivity index (χ3n) is 4.39. The molecule has 1 fully saturated rings. The molecule has 0 aromatic heterocycles. The molecule has 1 aliphatic rings. The number of nitrogens with one attached hydrogen (secondary N) is 1. The van der Waals surface area contributed by atoms with Crippen LogP contribution >= 0.6 is 0 Å². The topological polar surface area (TPSA) is 93.9 Å². The van der Waals surface area contributed by atoms with Crippen LogP contribution < -0.4 is 25.4 Å². The monoisotopic (exact) mass is 355 g/mol. The van der Waals surface area contributed by atoms with Gasteiger partial charge >= 0.3 is 0 Å². The van der Waals surface area contributed by atoms with Crippen LogP contribution in [0.4, 0.5) is 17.1 Å². The summed E-state index contributed by atoms with van der Waals surface area (Å²) in [5.74, 6) is 0.326. The molecule has 1 heterocycles. The minimum Gasteiger partial charge on any atom is -0.497 e. The van der Waals surface area contributed by atoms with Gasteiger partial charge < -0.3 is 25.4 Å². The van der Waals surface area contributed by atoms with Crippen LogP contribution in [0.2, 0.25) is 0 Å². The van der Waals surface area contributed by atoms with Gasteiger partial charge in [-0.25, -0.2) is 0 Å². The van der Waals surface area contributed by atoms with Crippen molar-refractivity contribution in [3.8, 4) is 11.5 Å². The third-order valence-corrected chi connectivity index (χ3v) is 4.39. The molecule has 2 aromatic rings. The number of methoxy groups -OCH3 is 2. The van der Waals surface area contributed by atoms with E-state index in [1.165, 1.54) is 7.11 Å². The molecule has 136 valence electrons. The van der Waals surface area contributed by atoms with Gasteiger partial charge in [0.05, 0.1) is 37.2 Å². The van der Waals surface area contributed by atoms with Crippen LogP contribution in [0.25, 0.3) is 0 Å². The molecular weight excluding hydrogens is 334 g/mol. The first-order valence-electron chi connectivity index (χ1n) is 8.21. The van der Waals surface area contributed by atoms with E-state index in [-0.39, 0.29) is 24.8 Å². The van der Waals surface area contributed by atoms with Gasteiger partial charge in [-0.05, 0) is 24.3 Å². The summed E-state index contributed by atoms with van der Waals surface area (Å²) in [6.07, 6.45) is 0.133. The summed E-state index contributed by atoms with van der Waals surface area (Å²) in [6.45, 7) is 0.278. The van der Waals surface area contributed by atoms with Crippen molar-refractivity contribution in [3.63, 3.8) is 0 Å². The van der Waals surface area contributed by atoms with Gasteiger partial charge in [0.15, 0.2) is 0 Å². The number of para-hydroxylation sites is 2. The van der Waals surface area contributed by atoms with Crippen molar-refractivity contribution in [3.05, 3.63) is 42.5 Å². The van der Waals surface area contributed by atoms with Crippen molar-refractivity contribution in [2.75, 3.05) is 36.7 Å². The number of nitrogens with zero attached hydrogens (tertiary/aromatic N) is 1. The fourth-order valence-corrected chi connectivity index (χ4v) is 2.97. The lowest BCUT2D eigenvalue weighted by atomic mass is 10.1. The van der Waals surface area contributed by atoms with E-state index < -0.39 is 5.92 Å². The van der Waals surface area contributed by atoms with Gasteiger partial charge in [0, 0.05) is 19.0 Å². The molecule has 7 heteroatoms. The zero-order valence-corrected chi connectivity index (χ0v) is 14.7. The highest BCUT2D eigenvalue weighted by atomic mass is 16.5. The second-order valence-corrected chi connectivity index (χ2v) is 6.02. The number of nitrogens with two attached hydrogens (primary N) is 1. The number of carbonyl (C=O) groups is 2. The minimum absolute atomic E-state index is 0.130. The van der Waals surface area contributed by atoms with E-state index in [1.807, 2.05) is 0 Å². The maximum Gasteiger partial charge on any atom is 0.229 e. The Labute approximate surface area is 151 Å². The average Bonchev–Trinajstić information content (AvgIpc) is 3.04. The lowest BCUT2D eigenvalue weighted by Crippen LogP contribution is -2.28. The summed E-state index contributed by atoms with van der Waals surface area (Å²) in [4.78, 5) is 26.6. The molecule has 2 aromatic carbocycles. The number of rotatable bonds is 5. The van der Waals surface area contributed by atoms with Gasteiger partial charge in [-0.1, -0.05) is 12.1 Å². The van der Waals surface area contributed by atoms with Gasteiger partial charge in [0.1, 0.15) is 11.5 Å². The number of carbonyl (C=O) groups excluding carboxylic acids is 2. The zero-order chi connectivity index (χ0) is 18.7. The van der Waals surface area contributed by atoms with Crippen molar-refractivity contribution in [1.29, 1.82) is 0 Å². The first kappa shape index (κ1) is 17.6. The molecule has 3 N–H and O–H groups in total. The van der Waals surface area contributed by atoms with E-state index in [2.05, 4.69) is 5.32 Å². The fourth-order valence-electron chi connectivity index (χ4n) is 2.97. The van der Waals surface area contributed by atoms with Crippen LogP contribution in [0.15, 0.2) is 42.5 Å². The van der Waals surface area contributed by atoms with Crippen LogP contribution in [-0.4, -0.2) is 32.6 Å². The van der Waals surface area contributed by atoms with Crippen LogP contribution in [0.5, 0.6) is 11.5 Å². The Morgan fingerprint density at radius 3 is 2.65 bits per heavy atom. The molecule has 1 atom stereocenters. The molecule has 0 radical (unpaired) electrons. The Morgan fingerprint density at radius 2 is 1.96 bits per heavy atom. The molecule has 0 aliphatic carbocycles. The van der Waals surface area contributed by atoms with E-state index in [0.717, 1.165) is 0 Å². The summed E-state index contributed by atoms with van der Waals surface area (Å²) >= 11 is 0. The Kier molecular flexibility index (Phi) is 4.97. The minimum atomic E-state index is -0.464. The maximum atomic E-state index is 12.5. The first-order chi connectivity index (χ1) is 12.5. The van der Waals surface area contributed by atoms with E-state index in [0.29, 0.717) is 28.6 Å². The molecule has 0 saturated carbocycles. The molecule has 26 heavy (non-hydrogen) atoms. The molecule has 0 spiro atoms. The summed E-state index contributed by atoms with van der Waals surface area (Å²) in [6, 6.07) is 12.2. The predicted molar refractivity (Wildman–Crippen MR) is 99.5 cm³/mol. The summed E-state index contributed by atoms with van der Waals surface area (Å²) < 4.78 is 10.5. The highest BCUT2D eigenvalue weighted by Gasteiger charge is 2.36. The van der Waals surface area contributed by atoms with Crippen molar-refractivity contribution >= 4 is 28.9 Å². The molecule has 1 aliphatic heterocycles. The van der Waals surface area contributed by atoms with Crippen LogP contribution in [0, 0.1) is 5.92 Å². The molecule has 2 amide bonds. The number of ether oxygens (including phenoxy) is 2. The highest BCUT2D eigenvalue weighted by molar-refractivity contribution is 6.05. The third kappa shape index (κ3) is 3.42. The Bertz CT molecular complexity index is 837. The van der Waals surface area contributed by atoms with Crippen molar-refractivity contribution < 1.29 is 19.1 Å². The van der Waals surface area contributed by atoms with Crippen molar-refractivity contribution in [2.45, 2.75) is 6.42 Å². The second kappa shape index (κ2) is 7.35. The highest BCUT2D eigenvalue weighted by Crippen LogP contribution is 2.36. The normalized spacial score (nSPS) is 16.5. The number of nitrogen functional groups attached to an aromatic ring is 1. The van der Waals surface area contributed by atoms with Gasteiger partial charge in [-0.15, -0.1) is 0 Å². The molecule has 7 nitrogen and oxygen atoms in total. The lowest BCUT2D eigenvalue weighted by Gasteiger charge is -2.20. The van der Waals surface area contributed by atoms with Crippen LogP contribution in [0.1, 0.15) is 6.42 Å². The quantitative estimate of drug-likeness (QED) is 0.803. The van der Waals surface area contributed by atoms with Crippen molar-refractivity contribution in [2.24, 2.45) is 5.92 Å². The van der Waals surface area contributed by atoms with Crippen LogP contribution in [0.3, 0.4) is 0 Å². The molecule has 0 bridgehead atoms. The standard InChI is InChI=1S/C19H21N3O4/c1-25-13-7-8-16(17(10-13)26-2)22-11-12(9-18(22)23)19(24)21-15-6-4-3-5-14(15)20/h3-8,10,12H,9,11,20H2,1-2H3,(H,21,24). The van der Waals surface area contributed by atoms with Gasteiger partial charge in [-0.2, -0.15) is 0 Å². The summed E-state index contributed by atoms with van der Waals surface area (Å²) in [5, 5.41) is 2.80. The number of anilines is 3. The lowest BCUT2D eigenvalue weighted by molar-refractivity contribution is -0.122. The predicted octanol–water partition coefficient (Wildman–Crippen LogP) is 2.28. The van der Waals surface area contributed by atoms with Gasteiger partial charge in [-0.3, -0.25) is 9.59 Å². The number of hydrogen-bond donors (Lipinski definition) is 2. The fraction of sp³-hybridized carbons (Fsp3) is 0.263. The van der Waals surface area contributed by atoms with Gasteiger partial charge in [0.2, 0.25) is 11.8 Å². The first-order valence-corrected chi connectivity index (χ1v) is 8.21. The Balaban J connectivity index is 1.76. The van der Waals surface area contributed by atoms with E-state index in [1.54, 1.807) is 54.5 Å². The average molecular weight is 355 g/mol. The number of benzene rings is 2. The van der Waals surface area contributed by atoms with E-state index in [9.17, 15) is 9.59 Å². The Morgan fingerprint density at radius 1 is 1.19 bits per heavy atom. The number of hydrogen-bond acceptors (Lipinski definition) is 5. The summed E-state index contributed by atoms with van der Waals surface area (Å²) in [7, 11) is 3.09. The molecular formula is C19H21N3O4. The van der Waals surface area contributed by atoms with E-state index in [4.69, 9.17) is 15.2 Å². The molecule has 1 unspecified atom stereocenters. The van der Waals surface area contributed by atoms with Crippen LogP contribution in [-0.2, 0) is 9.59 Å². The SMILES string of the molecule is COc1ccc(N2CC(C(=O)Nc3ccccc3N)CC2=O)c(OC)c1. The zero-order valence-electron chi connectivity index (χ0n) is 14.7. The Hall–Kier alpha value is -3.22. The smallest absolute Gasteiger partial charge is 0.229 e. The second-order valence-electron chi connectivity index (χ2n) is 6.02. The maximum absolute atomic E-state index is 12.5. The van der Waals surface area contributed by atoms with E-state index >= 15 is 0 Å². The molecule has 1 saturated heterocycles.